The third-order valence-corrected chi connectivity index (χ3v) is 5.25. The van der Waals surface area contributed by atoms with Crippen LogP contribution in [0.2, 0.25) is 0 Å². The van der Waals surface area contributed by atoms with Crippen LogP contribution in [-0.2, 0) is 4.79 Å². The second-order valence-electron chi connectivity index (χ2n) is 6.65. The van der Waals surface area contributed by atoms with Gasteiger partial charge in [0.05, 0.1) is 0 Å². The van der Waals surface area contributed by atoms with Gasteiger partial charge in [-0.15, -0.1) is 0 Å². The summed E-state index contributed by atoms with van der Waals surface area (Å²) in [6.45, 7) is 1.75. The Balaban J connectivity index is 1.69. The number of rotatable bonds is 5. The molecule has 0 unspecified atom stereocenters. The van der Waals surface area contributed by atoms with Gasteiger partial charge in [0.25, 0.3) is 0 Å². The summed E-state index contributed by atoms with van der Waals surface area (Å²) in [6, 6.07) is 0. The minimum atomic E-state index is 0.274. The predicted molar refractivity (Wildman–Crippen MR) is 78.7 cm³/mol. The van der Waals surface area contributed by atoms with Crippen LogP contribution in [0.4, 0.5) is 0 Å². The summed E-state index contributed by atoms with van der Waals surface area (Å²) < 4.78 is 0. The molecule has 2 saturated carbocycles. The van der Waals surface area contributed by atoms with Gasteiger partial charge in [0.2, 0.25) is 5.91 Å². The molecule has 2 aliphatic carbocycles. The Morgan fingerprint density at radius 3 is 2.26 bits per heavy atom. The molecular weight excluding hydrogens is 236 g/mol. The number of nitrogens with zero attached hydrogens (tertiary/aromatic N) is 1. The molecule has 0 aromatic rings. The van der Waals surface area contributed by atoms with Crippen LogP contribution in [0, 0.1) is 17.8 Å². The molecule has 0 aromatic heterocycles. The molecular formula is C16H30N2O. The van der Waals surface area contributed by atoms with E-state index in [9.17, 15) is 4.79 Å². The van der Waals surface area contributed by atoms with Crippen molar-refractivity contribution in [1.29, 1.82) is 0 Å². The zero-order valence-electron chi connectivity index (χ0n) is 12.4. The quantitative estimate of drug-likeness (QED) is 0.831. The van der Waals surface area contributed by atoms with Crippen molar-refractivity contribution in [3.8, 4) is 0 Å². The van der Waals surface area contributed by atoms with Gasteiger partial charge in [0.15, 0.2) is 0 Å². The maximum atomic E-state index is 12.4. The van der Waals surface area contributed by atoms with E-state index in [-0.39, 0.29) is 5.92 Å². The Morgan fingerprint density at radius 2 is 1.68 bits per heavy atom. The summed E-state index contributed by atoms with van der Waals surface area (Å²) in [5.41, 5.74) is 5.71. The summed E-state index contributed by atoms with van der Waals surface area (Å²) in [4.78, 5) is 14.4. The van der Waals surface area contributed by atoms with Crippen molar-refractivity contribution in [2.24, 2.45) is 23.5 Å². The molecule has 3 nitrogen and oxygen atoms in total. The second-order valence-corrected chi connectivity index (χ2v) is 6.65. The van der Waals surface area contributed by atoms with Crippen LogP contribution in [0.1, 0.15) is 57.8 Å². The molecule has 0 aromatic carbocycles. The smallest absolute Gasteiger partial charge is 0.225 e. The number of nitrogens with two attached hydrogens (primary N) is 1. The molecule has 110 valence electrons. The highest BCUT2D eigenvalue weighted by Gasteiger charge is 2.28. The van der Waals surface area contributed by atoms with Crippen molar-refractivity contribution in [3.63, 3.8) is 0 Å². The van der Waals surface area contributed by atoms with Crippen molar-refractivity contribution in [1.82, 2.24) is 4.90 Å². The minimum absolute atomic E-state index is 0.274. The van der Waals surface area contributed by atoms with E-state index in [4.69, 9.17) is 5.73 Å². The fourth-order valence-electron chi connectivity index (χ4n) is 3.74. The lowest BCUT2D eigenvalue weighted by atomic mass is 9.81. The van der Waals surface area contributed by atoms with Crippen LogP contribution in [0.3, 0.4) is 0 Å². The highest BCUT2D eigenvalue weighted by atomic mass is 16.2. The molecule has 2 rings (SSSR count). The van der Waals surface area contributed by atoms with Crippen LogP contribution in [-0.4, -0.2) is 30.9 Å². The predicted octanol–water partition coefficient (Wildman–Crippen LogP) is 2.79. The minimum Gasteiger partial charge on any atom is -0.346 e. The molecule has 0 bridgehead atoms. The molecule has 1 amide bonds. The summed E-state index contributed by atoms with van der Waals surface area (Å²) in [5, 5.41) is 0. The molecule has 3 heteroatoms. The first-order chi connectivity index (χ1) is 9.20. The Morgan fingerprint density at radius 1 is 1.05 bits per heavy atom. The van der Waals surface area contributed by atoms with Crippen LogP contribution < -0.4 is 5.73 Å². The van der Waals surface area contributed by atoms with E-state index in [2.05, 4.69) is 0 Å². The highest BCUT2D eigenvalue weighted by molar-refractivity contribution is 5.78. The van der Waals surface area contributed by atoms with E-state index in [1.54, 1.807) is 0 Å². The second kappa shape index (κ2) is 7.28. The molecule has 0 radical (unpaired) electrons. The van der Waals surface area contributed by atoms with Crippen LogP contribution in [0.5, 0.6) is 0 Å². The molecule has 0 aliphatic heterocycles. The Kier molecular flexibility index (Phi) is 5.68. The van der Waals surface area contributed by atoms with E-state index in [0.29, 0.717) is 11.8 Å². The van der Waals surface area contributed by atoms with Crippen LogP contribution >= 0.6 is 0 Å². The van der Waals surface area contributed by atoms with Crippen molar-refractivity contribution in [3.05, 3.63) is 0 Å². The highest BCUT2D eigenvalue weighted by Crippen LogP contribution is 2.30. The van der Waals surface area contributed by atoms with Gasteiger partial charge in [-0.05, 0) is 50.5 Å². The summed E-state index contributed by atoms with van der Waals surface area (Å²) in [7, 11) is 1.99. The standard InChI is InChI=1S/C16H30N2O/c1-18(11-10-13-4-2-3-5-13)16(19)15-8-6-14(12-17)7-9-15/h13-15H,2-12,17H2,1H3. The molecule has 0 saturated heterocycles. The molecule has 2 fully saturated rings. The number of carbonyl (C=O) groups is 1. The van der Waals surface area contributed by atoms with Crippen molar-refractivity contribution >= 4 is 5.91 Å². The van der Waals surface area contributed by atoms with E-state index in [0.717, 1.165) is 44.7 Å². The fraction of sp³-hybridized carbons (Fsp3) is 0.938. The number of amides is 1. The molecule has 2 aliphatic rings. The maximum Gasteiger partial charge on any atom is 0.225 e. The van der Waals surface area contributed by atoms with E-state index >= 15 is 0 Å². The third-order valence-electron chi connectivity index (χ3n) is 5.25. The third kappa shape index (κ3) is 4.20. The van der Waals surface area contributed by atoms with E-state index in [1.165, 1.54) is 32.1 Å². The van der Waals surface area contributed by atoms with Gasteiger partial charge in [-0.3, -0.25) is 4.79 Å². The molecule has 0 spiro atoms. The normalized spacial score (nSPS) is 28.5. The number of hydrogen-bond donors (Lipinski definition) is 1. The van der Waals surface area contributed by atoms with Gasteiger partial charge in [0.1, 0.15) is 0 Å². The zero-order valence-corrected chi connectivity index (χ0v) is 12.4. The number of hydrogen-bond acceptors (Lipinski definition) is 2. The lowest BCUT2D eigenvalue weighted by molar-refractivity contribution is -0.135. The van der Waals surface area contributed by atoms with Gasteiger partial charge in [-0.1, -0.05) is 25.7 Å². The Labute approximate surface area is 117 Å². The zero-order chi connectivity index (χ0) is 13.7. The summed E-state index contributed by atoms with van der Waals surface area (Å²) >= 11 is 0. The van der Waals surface area contributed by atoms with Gasteiger partial charge in [-0.25, -0.2) is 0 Å². The van der Waals surface area contributed by atoms with Crippen molar-refractivity contribution < 1.29 is 4.79 Å². The van der Waals surface area contributed by atoms with Gasteiger partial charge in [-0.2, -0.15) is 0 Å². The first-order valence-electron chi connectivity index (χ1n) is 8.15. The fourth-order valence-corrected chi connectivity index (χ4v) is 3.74. The van der Waals surface area contributed by atoms with E-state index in [1.807, 2.05) is 11.9 Å². The van der Waals surface area contributed by atoms with E-state index < -0.39 is 0 Å². The SMILES string of the molecule is CN(CCC1CCCC1)C(=O)C1CCC(CN)CC1. The Bertz CT molecular complexity index is 278. The average Bonchev–Trinajstić information content (AvgIpc) is 2.97. The number of carbonyl (C=O) groups excluding carboxylic acids is 1. The molecule has 0 heterocycles. The topological polar surface area (TPSA) is 46.3 Å². The largest absolute Gasteiger partial charge is 0.346 e. The van der Waals surface area contributed by atoms with Gasteiger partial charge >= 0.3 is 0 Å². The summed E-state index contributed by atoms with van der Waals surface area (Å²) in [5.74, 6) is 2.20. The molecule has 0 atom stereocenters. The van der Waals surface area contributed by atoms with Gasteiger partial charge in [0, 0.05) is 19.5 Å². The monoisotopic (exact) mass is 266 g/mol. The maximum absolute atomic E-state index is 12.4. The molecule has 2 N–H and O–H groups in total. The van der Waals surface area contributed by atoms with Crippen molar-refractivity contribution in [2.45, 2.75) is 57.8 Å². The Hall–Kier alpha value is -0.570. The lowest BCUT2D eigenvalue weighted by Gasteiger charge is -2.30. The van der Waals surface area contributed by atoms with Crippen LogP contribution in [0.15, 0.2) is 0 Å². The molecule has 19 heavy (non-hydrogen) atoms. The van der Waals surface area contributed by atoms with Crippen LogP contribution in [0.25, 0.3) is 0 Å². The lowest BCUT2D eigenvalue weighted by Crippen LogP contribution is -2.36. The summed E-state index contributed by atoms with van der Waals surface area (Å²) in [6.07, 6.45) is 11.1. The first kappa shape index (κ1) is 14.8. The first-order valence-corrected chi connectivity index (χ1v) is 8.15. The van der Waals surface area contributed by atoms with Crippen molar-refractivity contribution in [2.75, 3.05) is 20.1 Å². The van der Waals surface area contributed by atoms with Gasteiger partial charge < -0.3 is 10.6 Å². The average molecular weight is 266 g/mol.